The summed E-state index contributed by atoms with van der Waals surface area (Å²) in [5.74, 6) is 0.392. The number of aromatic nitrogens is 3. The van der Waals surface area contributed by atoms with Gasteiger partial charge in [-0.15, -0.1) is 10.2 Å². The Morgan fingerprint density at radius 2 is 1.73 bits per heavy atom. The number of amides is 1. The lowest BCUT2D eigenvalue weighted by molar-refractivity contribution is -0.137. The first kappa shape index (κ1) is 23.3. The Bertz CT molecular complexity index is 1130. The molecule has 33 heavy (non-hydrogen) atoms. The van der Waals surface area contributed by atoms with E-state index in [1.807, 2.05) is 4.90 Å². The minimum atomic E-state index is -4.44. The molecule has 1 aliphatic rings. The molecule has 1 fully saturated rings. The second-order valence-electron chi connectivity index (χ2n) is 9.83. The van der Waals surface area contributed by atoms with Crippen molar-refractivity contribution in [2.45, 2.75) is 64.0 Å². The van der Waals surface area contributed by atoms with Gasteiger partial charge in [0.2, 0.25) is 5.91 Å². The molecule has 3 heterocycles. The van der Waals surface area contributed by atoms with E-state index in [9.17, 15) is 18.0 Å². The molecule has 1 amide bonds. The van der Waals surface area contributed by atoms with Crippen molar-refractivity contribution in [2.75, 3.05) is 13.1 Å². The second kappa shape index (κ2) is 8.80. The van der Waals surface area contributed by atoms with Crippen LogP contribution in [0.15, 0.2) is 42.6 Å². The number of fused-ring (bicyclic) bond motifs is 1. The van der Waals surface area contributed by atoms with Crippen LogP contribution in [-0.2, 0) is 22.8 Å². The molecule has 0 aliphatic carbocycles. The number of rotatable bonds is 4. The highest BCUT2D eigenvalue weighted by atomic mass is 19.4. The lowest BCUT2D eigenvalue weighted by atomic mass is 9.86. The Morgan fingerprint density at radius 3 is 2.39 bits per heavy atom. The number of hydrogen-bond donors (Lipinski definition) is 0. The summed E-state index contributed by atoms with van der Waals surface area (Å²) >= 11 is 0. The number of carbonyl (C=O) groups excluding carboxylic acids is 1. The van der Waals surface area contributed by atoms with Gasteiger partial charge in [0.25, 0.3) is 0 Å². The van der Waals surface area contributed by atoms with Crippen LogP contribution in [0.2, 0.25) is 0 Å². The van der Waals surface area contributed by atoms with E-state index >= 15 is 0 Å². The van der Waals surface area contributed by atoms with Gasteiger partial charge in [0.05, 0.1) is 5.56 Å². The summed E-state index contributed by atoms with van der Waals surface area (Å²) in [4.78, 5) is 14.7. The SMILES string of the molecule is CC(C)(C)c1ccc(CCC(=O)N2CCCC(c3nnc4ccc(C(F)(F)F)cn34)C2)cc1. The first-order chi connectivity index (χ1) is 15.5. The van der Waals surface area contributed by atoms with Crippen LogP contribution in [0, 0.1) is 0 Å². The maximum Gasteiger partial charge on any atom is 0.417 e. The number of likely N-dealkylation sites (tertiary alicyclic amines) is 1. The van der Waals surface area contributed by atoms with Crippen LogP contribution in [0.5, 0.6) is 0 Å². The number of nitrogens with zero attached hydrogens (tertiary/aromatic N) is 4. The fraction of sp³-hybridized carbons (Fsp3) is 0.480. The number of hydrogen-bond acceptors (Lipinski definition) is 3. The Morgan fingerprint density at radius 1 is 1.03 bits per heavy atom. The number of carbonyl (C=O) groups is 1. The summed E-state index contributed by atoms with van der Waals surface area (Å²) in [6.07, 6.45) is -0.782. The third-order valence-corrected chi connectivity index (χ3v) is 6.34. The molecule has 0 bridgehead atoms. The molecule has 5 nitrogen and oxygen atoms in total. The average Bonchev–Trinajstić information content (AvgIpc) is 3.20. The third-order valence-electron chi connectivity index (χ3n) is 6.34. The van der Waals surface area contributed by atoms with E-state index in [1.165, 1.54) is 16.0 Å². The standard InChI is InChI=1S/C25H29F3N4O/c1-24(2,3)19-9-6-17(7-10-19)8-13-22(33)31-14-4-5-18(15-31)23-30-29-21-12-11-20(16-32(21)23)25(26,27)28/h6-7,9-12,16,18H,4-5,8,13-15H2,1-3H3. The molecule has 1 aliphatic heterocycles. The number of alkyl halides is 3. The van der Waals surface area contributed by atoms with Crippen molar-refractivity contribution in [3.63, 3.8) is 0 Å². The highest BCUT2D eigenvalue weighted by Crippen LogP contribution is 2.31. The lowest BCUT2D eigenvalue weighted by Crippen LogP contribution is -2.39. The Labute approximate surface area is 191 Å². The molecule has 1 saturated heterocycles. The predicted octanol–water partition coefficient (Wildman–Crippen LogP) is 5.38. The number of halogens is 3. The van der Waals surface area contributed by atoms with E-state index in [-0.39, 0.29) is 17.2 Å². The second-order valence-corrected chi connectivity index (χ2v) is 9.83. The van der Waals surface area contributed by atoms with Gasteiger partial charge in [0.15, 0.2) is 5.65 Å². The first-order valence-corrected chi connectivity index (χ1v) is 11.3. The number of aryl methyl sites for hydroxylation is 1. The Balaban J connectivity index is 1.43. The van der Waals surface area contributed by atoms with E-state index < -0.39 is 11.7 Å². The third kappa shape index (κ3) is 5.20. The van der Waals surface area contributed by atoms with Crippen LogP contribution in [0.25, 0.3) is 5.65 Å². The quantitative estimate of drug-likeness (QED) is 0.527. The van der Waals surface area contributed by atoms with Gasteiger partial charge < -0.3 is 4.90 Å². The molecule has 0 spiro atoms. The fourth-order valence-corrected chi connectivity index (χ4v) is 4.35. The van der Waals surface area contributed by atoms with Crippen molar-refractivity contribution in [3.8, 4) is 0 Å². The molecule has 0 saturated carbocycles. The van der Waals surface area contributed by atoms with E-state index in [0.717, 1.165) is 30.7 Å². The van der Waals surface area contributed by atoms with Crippen molar-refractivity contribution in [3.05, 3.63) is 65.1 Å². The molecule has 0 radical (unpaired) electrons. The minimum Gasteiger partial charge on any atom is -0.342 e. The van der Waals surface area contributed by atoms with Gasteiger partial charge in [-0.25, -0.2) is 0 Å². The summed E-state index contributed by atoms with van der Waals surface area (Å²) in [5, 5.41) is 8.19. The number of benzene rings is 1. The maximum absolute atomic E-state index is 13.2. The molecular weight excluding hydrogens is 429 g/mol. The van der Waals surface area contributed by atoms with Crippen LogP contribution >= 0.6 is 0 Å². The zero-order valence-corrected chi connectivity index (χ0v) is 19.2. The van der Waals surface area contributed by atoms with E-state index in [2.05, 4.69) is 55.2 Å². The molecule has 1 unspecified atom stereocenters. The zero-order chi connectivity index (χ0) is 23.8. The number of pyridine rings is 1. The molecule has 1 aromatic carbocycles. The molecule has 2 aromatic heterocycles. The van der Waals surface area contributed by atoms with Gasteiger partial charge >= 0.3 is 6.18 Å². The van der Waals surface area contributed by atoms with Gasteiger partial charge in [-0.2, -0.15) is 13.2 Å². The van der Waals surface area contributed by atoms with Crippen molar-refractivity contribution < 1.29 is 18.0 Å². The van der Waals surface area contributed by atoms with Gasteiger partial charge in [0, 0.05) is 31.6 Å². The van der Waals surface area contributed by atoms with Crippen LogP contribution in [0.4, 0.5) is 13.2 Å². The summed E-state index contributed by atoms with van der Waals surface area (Å²) in [6.45, 7) is 7.60. The highest BCUT2D eigenvalue weighted by molar-refractivity contribution is 5.76. The van der Waals surface area contributed by atoms with E-state index in [4.69, 9.17) is 0 Å². The van der Waals surface area contributed by atoms with Crippen molar-refractivity contribution in [2.24, 2.45) is 0 Å². The van der Waals surface area contributed by atoms with Crippen molar-refractivity contribution >= 4 is 11.6 Å². The molecule has 8 heteroatoms. The zero-order valence-electron chi connectivity index (χ0n) is 19.2. The Hall–Kier alpha value is -2.90. The number of piperidine rings is 1. The van der Waals surface area contributed by atoms with Crippen LogP contribution in [0.1, 0.15) is 68.5 Å². The highest BCUT2D eigenvalue weighted by Gasteiger charge is 2.32. The van der Waals surface area contributed by atoms with E-state index in [0.29, 0.717) is 37.4 Å². The minimum absolute atomic E-state index is 0.0596. The summed E-state index contributed by atoms with van der Waals surface area (Å²) in [6, 6.07) is 10.7. The predicted molar refractivity (Wildman–Crippen MR) is 120 cm³/mol. The monoisotopic (exact) mass is 458 g/mol. The average molecular weight is 459 g/mol. The van der Waals surface area contributed by atoms with Crippen LogP contribution < -0.4 is 0 Å². The molecule has 0 N–H and O–H groups in total. The molecule has 176 valence electrons. The van der Waals surface area contributed by atoms with Gasteiger partial charge in [-0.3, -0.25) is 9.20 Å². The first-order valence-electron chi connectivity index (χ1n) is 11.3. The normalized spacial score (nSPS) is 17.5. The van der Waals surface area contributed by atoms with Crippen molar-refractivity contribution in [1.82, 2.24) is 19.5 Å². The van der Waals surface area contributed by atoms with E-state index in [1.54, 1.807) is 0 Å². The fourth-order valence-electron chi connectivity index (χ4n) is 4.35. The largest absolute Gasteiger partial charge is 0.417 e. The van der Waals surface area contributed by atoms with Crippen LogP contribution in [-0.4, -0.2) is 38.5 Å². The van der Waals surface area contributed by atoms with Gasteiger partial charge in [-0.1, -0.05) is 45.0 Å². The molecular formula is C25H29F3N4O. The van der Waals surface area contributed by atoms with Crippen LogP contribution in [0.3, 0.4) is 0 Å². The van der Waals surface area contributed by atoms with Gasteiger partial charge in [-0.05, 0) is 47.9 Å². The summed E-state index contributed by atoms with van der Waals surface area (Å²) < 4.78 is 40.9. The van der Waals surface area contributed by atoms with Gasteiger partial charge in [0.1, 0.15) is 5.82 Å². The Kier molecular flexibility index (Phi) is 6.20. The van der Waals surface area contributed by atoms with Crippen molar-refractivity contribution in [1.29, 1.82) is 0 Å². The lowest BCUT2D eigenvalue weighted by Gasteiger charge is -2.32. The summed E-state index contributed by atoms with van der Waals surface area (Å²) in [5.41, 5.74) is 2.10. The molecule has 4 rings (SSSR count). The topological polar surface area (TPSA) is 50.5 Å². The molecule has 3 aromatic rings. The molecule has 1 atom stereocenters. The maximum atomic E-state index is 13.2. The summed E-state index contributed by atoms with van der Waals surface area (Å²) in [7, 11) is 0. The smallest absolute Gasteiger partial charge is 0.342 e.